The summed E-state index contributed by atoms with van der Waals surface area (Å²) in [6.45, 7) is 0.336. The average molecular weight is 317 g/mol. The van der Waals surface area contributed by atoms with Gasteiger partial charge in [-0.25, -0.2) is 12.8 Å². The maximum Gasteiger partial charge on any atom is 0.241 e. The Kier molecular flexibility index (Phi) is 4.45. The molecule has 2 atom stereocenters. The molecule has 1 aliphatic heterocycles. The van der Waals surface area contributed by atoms with E-state index in [1.165, 1.54) is 12.1 Å². The number of anilines is 2. The molecule has 0 radical (unpaired) electrons. The number of hydrogen-bond acceptors (Lipinski definition) is 5. The molecule has 116 valence electrons. The number of sulfonamides is 1. The zero-order chi connectivity index (χ0) is 15.6. The molecule has 1 heterocycles. The lowest BCUT2D eigenvalue weighted by Gasteiger charge is -2.12. The zero-order valence-electron chi connectivity index (χ0n) is 11.3. The lowest BCUT2D eigenvalue weighted by molar-refractivity contribution is -0.117. The fourth-order valence-electron chi connectivity index (χ4n) is 2.03. The summed E-state index contributed by atoms with van der Waals surface area (Å²) in [7, 11) is -3.62. The van der Waals surface area contributed by atoms with Gasteiger partial charge in [-0.05, 0) is 24.6 Å². The van der Waals surface area contributed by atoms with E-state index in [1.54, 1.807) is 0 Å². The van der Waals surface area contributed by atoms with Crippen molar-refractivity contribution in [3.05, 3.63) is 24.0 Å². The van der Waals surface area contributed by atoms with Gasteiger partial charge in [0.05, 0.1) is 24.1 Å². The Hall–Kier alpha value is -1.71. The van der Waals surface area contributed by atoms with Crippen LogP contribution in [0.3, 0.4) is 0 Å². The molecule has 1 amide bonds. The third-order valence-corrected chi connectivity index (χ3v) is 3.54. The monoisotopic (exact) mass is 317 g/mol. The van der Waals surface area contributed by atoms with Gasteiger partial charge in [-0.1, -0.05) is 0 Å². The molecular weight excluding hydrogens is 301 g/mol. The molecule has 0 aromatic heterocycles. The molecule has 1 saturated heterocycles. The Morgan fingerprint density at radius 2 is 2.19 bits per heavy atom. The van der Waals surface area contributed by atoms with Gasteiger partial charge in [0, 0.05) is 12.2 Å². The molecule has 0 spiro atoms. The maximum absolute atomic E-state index is 13.5. The second-order valence-corrected chi connectivity index (χ2v) is 6.66. The largest absolute Gasteiger partial charge is 0.392 e. The number of aliphatic hydroxyl groups is 1. The molecule has 2 rings (SSSR count). The first-order valence-electron chi connectivity index (χ1n) is 6.24. The minimum atomic E-state index is -3.62. The van der Waals surface area contributed by atoms with E-state index in [4.69, 9.17) is 0 Å². The Balaban J connectivity index is 2.10. The van der Waals surface area contributed by atoms with Gasteiger partial charge >= 0.3 is 0 Å². The Morgan fingerprint density at radius 3 is 2.76 bits per heavy atom. The SMILES string of the molecule is CS(=O)(=O)Nc1cc(NC(=O)C2CC(O)CN2)ccc1F. The highest BCUT2D eigenvalue weighted by molar-refractivity contribution is 7.92. The zero-order valence-corrected chi connectivity index (χ0v) is 12.1. The van der Waals surface area contributed by atoms with E-state index < -0.39 is 28.0 Å². The first-order valence-corrected chi connectivity index (χ1v) is 8.13. The summed E-state index contributed by atoms with van der Waals surface area (Å²) in [6, 6.07) is 3.04. The standard InChI is InChI=1S/C12H16FN3O4S/c1-21(19,20)16-10-4-7(2-3-9(10)13)15-12(18)11-5-8(17)6-14-11/h2-4,8,11,14,16-17H,5-6H2,1H3,(H,15,18). The molecule has 0 bridgehead atoms. The quantitative estimate of drug-likeness (QED) is 0.618. The van der Waals surface area contributed by atoms with Gasteiger partial charge in [0.15, 0.2) is 0 Å². The predicted molar refractivity (Wildman–Crippen MR) is 75.9 cm³/mol. The van der Waals surface area contributed by atoms with Gasteiger partial charge in [0.25, 0.3) is 0 Å². The van der Waals surface area contributed by atoms with Crippen molar-refractivity contribution in [2.24, 2.45) is 0 Å². The first-order chi connectivity index (χ1) is 9.74. The number of carbonyl (C=O) groups is 1. The lowest BCUT2D eigenvalue weighted by Crippen LogP contribution is -2.35. The van der Waals surface area contributed by atoms with Crippen molar-refractivity contribution in [1.82, 2.24) is 5.32 Å². The van der Waals surface area contributed by atoms with Crippen molar-refractivity contribution in [2.45, 2.75) is 18.6 Å². The van der Waals surface area contributed by atoms with Crippen LogP contribution in [0.15, 0.2) is 18.2 Å². The smallest absolute Gasteiger partial charge is 0.241 e. The van der Waals surface area contributed by atoms with Crippen LogP contribution < -0.4 is 15.4 Å². The molecule has 9 heteroatoms. The molecule has 0 aliphatic carbocycles. The highest BCUT2D eigenvalue weighted by Gasteiger charge is 2.28. The topological polar surface area (TPSA) is 108 Å². The third kappa shape index (κ3) is 4.38. The summed E-state index contributed by atoms with van der Waals surface area (Å²) in [6.07, 6.45) is 0.625. The van der Waals surface area contributed by atoms with Crippen LogP contribution in [0, 0.1) is 5.82 Å². The van der Waals surface area contributed by atoms with E-state index in [0.717, 1.165) is 12.3 Å². The van der Waals surface area contributed by atoms with Crippen LogP contribution in [-0.2, 0) is 14.8 Å². The van der Waals surface area contributed by atoms with Gasteiger partial charge in [0.1, 0.15) is 5.82 Å². The average Bonchev–Trinajstić information content (AvgIpc) is 2.78. The van der Waals surface area contributed by atoms with Gasteiger partial charge in [0.2, 0.25) is 15.9 Å². The number of carbonyl (C=O) groups excluding carboxylic acids is 1. The fraction of sp³-hybridized carbons (Fsp3) is 0.417. The fourth-order valence-corrected chi connectivity index (χ4v) is 2.58. The number of benzene rings is 1. The summed E-state index contributed by atoms with van der Waals surface area (Å²) in [4.78, 5) is 11.9. The minimum absolute atomic E-state index is 0.241. The minimum Gasteiger partial charge on any atom is -0.392 e. The summed E-state index contributed by atoms with van der Waals surface area (Å²) in [5, 5.41) is 14.7. The number of halogens is 1. The van der Waals surface area contributed by atoms with Crippen molar-refractivity contribution in [2.75, 3.05) is 22.8 Å². The predicted octanol–water partition coefficient (Wildman–Crippen LogP) is -0.142. The maximum atomic E-state index is 13.5. The van der Waals surface area contributed by atoms with E-state index in [-0.39, 0.29) is 17.3 Å². The highest BCUT2D eigenvalue weighted by atomic mass is 32.2. The van der Waals surface area contributed by atoms with E-state index in [0.29, 0.717) is 13.0 Å². The molecule has 2 unspecified atom stereocenters. The van der Waals surface area contributed by atoms with Gasteiger partial charge in [-0.3, -0.25) is 9.52 Å². The van der Waals surface area contributed by atoms with E-state index in [9.17, 15) is 22.7 Å². The first kappa shape index (κ1) is 15.7. The van der Waals surface area contributed by atoms with Crippen molar-refractivity contribution < 1.29 is 22.7 Å². The summed E-state index contributed by atoms with van der Waals surface area (Å²) in [5.74, 6) is -1.11. The lowest BCUT2D eigenvalue weighted by atomic mass is 10.2. The third-order valence-electron chi connectivity index (χ3n) is 2.95. The van der Waals surface area contributed by atoms with Crippen molar-refractivity contribution in [1.29, 1.82) is 0 Å². The molecule has 1 fully saturated rings. The number of hydrogen-bond donors (Lipinski definition) is 4. The summed E-state index contributed by atoms with van der Waals surface area (Å²) < 4.78 is 37.8. The van der Waals surface area contributed by atoms with Crippen LogP contribution >= 0.6 is 0 Å². The number of aliphatic hydroxyl groups excluding tert-OH is 1. The Labute approximate surface area is 121 Å². The molecule has 1 aromatic carbocycles. The van der Waals surface area contributed by atoms with E-state index in [2.05, 4.69) is 10.6 Å². The van der Waals surface area contributed by atoms with Crippen molar-refractivity contribution in [3.63, 3.8) is 0 Å². The highest BCUT2D eigenvalue weighted by Crippen LogP contribution is 2.21. The molecular formula is C12H16FN3O4S. The second kappa shape index (κ2) is 5.96. The Morgan fingerprint density at radius 1 is 1.48 bits per heavy atom. The van der Waals surface area contributed by atoms with Crippen molar-refractivity contribution >= 4 is 27.3 Å². The van der Waals surface area contributed by atoms with Crippen LogP contribution in [0.25, 0.3) is 0 Å². The molecule has 0 saturated carbocycles. The van der Waals surface area contributed by atoms with Gasteiger partial charge in [-0.2, -0.15) is 0 Å². The van der Waals surface area contributed by atoms with E-state index in [1.807, 2.05) is 4.72 Å². The second-order valence-electron chi connectivity index (χ2n) is 4.91. The van der Waals surface area contributed by atoms with Crippen LogP contribution in [0.2, 0.25) is 0 Å². The van der Waals surface area contributed by atoms with Gasteiger partial charge in [-0.15, -0.1) is 0 Å². The molecule has 4 N–H and O–H groups in total. The van der Waals surface area contributed by atoms with Crippen LogP contribution in [0.1, 0.15) is 6.42 Å². The van der Waals surface area contributed by atoms with Crippen LogP contribution in [-0.4, -0.2) is 44.4 Å². The number of nitrogens with one attached hydrogen (secondary N) is 3. The molecule has 1 aromatic rings. The van der Waals surface area contributed by atoms with Crippen LogP contribution in [0.5, 0.6) is 0 Å². The normalized spacial score (nSPS) is 22.0. The number of amides is 1. The summed E-state index contributed by atoms with van der Waals surface area (Å²) >= 11 is 0. The molecule has 7 nitrogen and oxygen atoms in total. The van der Waals surface area contributed by atoms with E-state index >= 15 is 0 Å². The summed E-state index contributed by atoms with van der Waals surface area (Å²) in [5.41, 5.74) is 0.0189. The van der Waals surface area contributed by atoms with Gasteiger partial charge < -0.3 is 15.7 Å². The molecule has 21 heavy (non-hydrogen) atoms. The number of β-amino-alcohol motifs (C(OH)–C–C–N with tert-alkyl or cyclic N) is 1. The number of rotatable bonds is 4. The van der Waals surface area contributed by atoms with Crippen LogP contribution in [0.4, 0.5) is 15.8 Å². The molecule has 1 aliphatic rings. The van der Waals surface area contributed by atoms with Crippen molar-refractivity contribution in [3.8, 4) is 0 Å². The Bertz CT molecular complexity index is 650.